The van der Waals surface area contributed by atoms with Crippen LogP contribution in [0.4, 0.5) is 0 Å². The van der Waals surface area contributed by atoms with Crippen molar-refractivity contribution in [1.82, 2.24) is 14.8 Å². The maximum atomic E-state index is 12.4. The van der Waals surface area contributed by atoms with E-state index in [1.165, 1.54) is 11.1 Å². The summed E-state index contributed by atoms with van der Waals surface area (Å²) in [5, 5.41) is 0. The number of hydrogen-bond donors (Lipinski definition) is 1. The molecule has 0 bridgehead atoms. The minimum Gasteiger partial charge on any atom is -0.367 e. The Bertz CT molecular complexity index is 701. The van der Waals surface area contributed by atoms with E-state index in [2.05, 4.69) is 24.0 Å². The van der Waals surface area contributed by atoms with Gasteiger partial charge in [0.05, 0.1) is 5.56 Å². The molecule has 1 fully saturated rings. The van der Waals surface area contributed by atoms with Crippen molar-refractivity contribution in [2.45, 2.75) is 19.8 Å². The zero-order valence-electron chi connectivity index (χ0n) is 14.0. The number of carbonyl (C=O) groups is 2. The highest BCUT2D eigenvalue weighted by molar-refractivity contribution is 5.94. The number of aryl methyl sites for hydroxylation is 2. The van der Waals surface area contributed by atoms with Crippen LogP contribution in [0.2, 0.25) is 0 Å². The van der Waals surface area contributed by atoms with E-state index in [0.29, 0.717) is 38.2 Å². The summed E-state index contributed by atoms with van der Waals surface area (Å²) < 4.78 is 0. The number of nitrogens with zero attached hydrogens (tertiary/aromatic N) is 2. The number of nitrogens with one attached hydrogen (secondary N) is 1. The van der Waals surface area contributed by atoms with Gasteiger partial charge >= 0.3 is 0 Å². The van der Waals surface area contributed by atoms with Crippen LogP contribution in [-0.4, -0.2) is 52.8 Å². The van der Waals surface area contributed by atoms with Gasteiger partial charge in [-0.2, -0.15) is 0 Å². The second-order valence-electron chi connectivity index (χ2n) is 6.20. The van der Waals surface area contributed by atoms with E-state index in [0.717, 1.165) is 6.42 Å². The summed E-state index contributed by atoms with van der Waals surface area (Å²) in [6.07, 6.45) is 4.76. The second kappa shape index (κ2) is 7.34. The molecule has 0 unspecified atom stereocenters. The Hall–Kier alpha value is -2.56. The summed E-state index contributed by atoms with van der Waals surface area (Å²) in [4.78, 5) is 31.3. The first-order valence-electron chi connectivity index (χ1n) is 8.39. The lowest BCUT2D eigenvalue weighted by Gasteiger charge is -2.34. The van der Waals surface area contributed by atoms with Gasteiger partial charge in [0, 0.05) is 45.0 Å². The van der Waals surface area contributed by atoms with Crippen molar-refractivity contribution < 1.29 is 9.59 Å². The van der Waals surface area contributed by atoms with Gasteiger partial charge in [0.2, 0.25) is 5.91 Å². The highest BCUT2D eigenvalue weighted by Gasteiger charge is 2.24. The molecule has 5 nitrogen and oxygen atoms in total. The van der Waals surface area contributed by atoms with Gasteiger partial charge in [0.25, 0.3) is 5.91 Å². The molecule has 1 aromatic carbocycles. The smallest absolute Gasteiger partial charge is 0.255 e. The average Bonchev–Trinajstić information content (AvgIpc) is 3.15. The quantitative estimate of drug-likeness (QED) is 0.937. The summed E-state index contributed by atoms with van der Waals surface area (Å²) in [5.74, 6) is 0.204. The van der Waals surface area contributed by atoms with E-state index in [4.69, 9.17) is 0 Å². The van der Waals surface area contributed by atoms with Crippen LogP contribution in [0.3, 0.4) is 0 Å². The Morgan fingerprint density at radius 1 is 1.04 bits per heavy atom. The number of H-pyrrole nitrogens is 1. The first kappa shape index (κ1) is 16.3. The van der Waals surface area contributed by atoms with Crippen molar-refractivity contribution in [1.29, 1.82) is 0 Å². The third kappa shape index (κ3) is 3.67. The molecule has 3 rings (SSSR count). The van der Waals surface area contributed by atoms with E-state index in [1.807, 2.05) is 21.9 Å². The molecular weight excluding hydrogens is 302 g/mol. The standard InChI is InChI=1S/C19H23N3O2/c1-15-4-2-3-5-16(15)6-7-18(23)21-10-12-22(13-11-21)19(24)17-8-9-20-14-17/h2-5,8-9,14,20H,6-7,10-13H2,1H3. The lowest BCUT2D eigenvalue weighted by molar-refractivity contribution is -0.132. The van der Waals surface area contributed by atoms with E-state index < -0.39 is 0 Å². The molecule has 24 heavy (non-hydrogen) atoms. The minimum atomic E-state index is 0.0308. The third-order valence-electron chi connectivity index (χ3n) is 4.63. The van der Waals surface area contributed by atoms with Gasteiger partial charge in [-0.25, -0.2) is 0 Å². The molecule has 1 aliphatic heterocycles. The lowest BCUT2D eigenvalue weighted by atomic mass is 10.0. The van der Waals surface area contributed by atoms with Gasteiger partial charge in [0.1, 0.15) is 0 Å². The first-order valence-corrected chi connectivity index (χ1v) is 8.39. The number of hydrogen-bond acceptors (Lipinski definition) is 2. The van der Waals surface area contributed by atoms with Crippen LogP contribution in [0, 0.1) is 6.92 Å². The number of piperazine rings is 1. The number of benzene rings is 1. The van der Waals surface area contributed by atoms with Crippen molar-refractivity contribution in [2.24, 2.45) is 0 Å². The Balaban J connectivity index is 1.48. The van der Waals surface area contributed by atoms with Crippen LogP contribution in [0.15, 0.2) is 42.7 Å². The molecule has 2 amide bonds. The van der Waals surface area contributed by atoms with Crippen LogP contribution in [0.1, 0.15) is 27.9 Å². The van der Waals surface area contributed by atoms with E-state index in [9.17, 15) is 9.59 Å². The number of carbonyl (C=O) groups excluding carboxylic acids is 2. The average molecular weight is 325 g/mol. The monoisotopic (exact) mass is 325 g/mol. The maximum absolute atomic E-state index is 12.4. The zero-order chi connectivity index (χ0) is 16.9. The zero-order valence-corrected chi connectivity index (χ0v) is 14.0. The van der Waals surface area contributed by atoms with Crippen LogP contribution in [0.5, 0.6) is 0 Å². The number of rotatable bonds is 4. The SMILES string of the molecule is Cc1ccccc1CCC(=O)N1CCN(C(=O)c2cc[nH]c2)CC1. The summed E-state index contributed by atoms with van der Waals surface area (Å²) in [6, 6.07) is 9.96. The van der Waals surface area contributed by atoms with E-state index in [-0.39, 0.29) is 11.8 Å². The first-order chi connectivity index (χ1) is 11.6. The van der Waals surface area contributed by atoms with Crippen molar-refractivity contribution in [3.63, 3.8) is 0 Å². The number of aromatic nitrogens is 1. The molecule has 0 atom stereocenters. The number of aromatic amines is 1. The normalized spacial score (nSPS) is 14.7. The lowest BCUT2D eigenvalue weighted by Crippen LogP contribution is -2.50. The summed E-state index contributed by atoms with van der Waals surface area (Å²) >= 11 is 0. The summed E-state index contributed by atoms with van der Waals surface area (Å²) in [5.41, 5.74) is 3.13. The van der Waals surface area contributed by atoms with Gasteiger partial charge in [-0.1, -0.05) is 24.3 Å². The Kier molecular flexibility index (Phi) is 4.99. The Morgan fingerprint density at radius 2 is 1.75 bits per heavy atom. The molecule has 0 radical (unpaired) electrons. The molecule has 2 aromatic rings. The summed E-state index contributed by atoms with van der Waals surface area (Å²) in [6.45, 7) is 4.50. The molecular formula is C19H23N3O2. The van der Waals surface area contributed by atoms with Gasteiger partial charge in [-0.3, -0.25) is 9.59 Å². The fourth-order valence-corrected chi connectivity index (χ4v) is 3.09. The highest BCUT2D eigenvalue weighted by atomic mass is 16.2. The molecule has 5 heteroatoms. The fourth-order valence-electron chi connectivity index (χ4n) is 3.09. The second-order valence-corrected chi connectivity index (χ2v) is 6.20. The molecule has 0 saturated carbocycles. The predicted molar refractivity (Wildman–Crippen MR) is 92.8 cm³/mol. The number of amides is 2. The molecule has 1 aromatic heterocycles. The van der Waals surface area contributed by atoms with Crippen LogP contribution >= 0.6 is 0 Å². The minimum absolute atomic E-state index is 0.0308. The third-order valence-corrected chi connectivity index (χ3v) is 4.63. The molecule has 1 N–H and O–H groups in total. The van der Waals surface area contributed by atoms with Crippen molar-refractivity contribution in [3.8, 4) is 0 Å². The van der Waals surface area contributed by atoms with E-state index in [1.54, 1.807) is 18.5 Å². The topological polar surface area (TPSA) is 56.4 Å². The van der Waals surface area contributed by atoms with Crippen molar-refractivity contribution >= 4 is 11.8 Å². The van der Waals surface area contributed by atoms with Crippen LogP contribution in [-0.2, 0) is 11.2 Å². The fraction of sp³-hybridized carbons (Fsp3) is 0.368. The maximum Gasteiger partial charge on any atom is 0.255 e. The molecule has 126 valence electrons. The van der Waals surface area contributed by atoms with Gasteiger partial charge in [-0.15, -0.1) is 0 Å². The molecule has 0 aliphatic carbocycles. The van der Waals surface area contributed by atoms with Gasteiger partial charge < -0.3 is 14.8 Å². The highest BCUT2D eigenvalue weighted by Crippen LogP contribution is 2.13. The molecule has 1 saturated heterocycles. The van der Waals surface area contributed by atoms with Crippen LogP contribution < -0.4 is 0 Å². The van der Waals surface area contributed by atoms with Crippen LogP contribution in [0.25, 0.3) is 0 Å². The van der Waals surface area contributed by atoms with Gasteiger partial charge in [0.15, 0.2) is 0 Å². The Labute approximate surface area is 142 Å². The van der Waals surface area contributed by atoms with E-state index >= 15 is 0 Å². The largest absolute Gasteiger partial charge is 0.367 e. The van der Waals surface area contributed by atoms with Crippen molar-refractivity contribution in [2.75, 3.05) is 26.2 Å². The van der Waals surface area contributed by atoms with Crippen molar-refractivity contribution in [3.05, 3.63) is 59.4 Å². The molecule has 0 spiro atoms. The Morgan fingerprint density at radius 3 is 2.42 bits per heavy atom. The summed E-state index contributed by atoms with van der Waals surface area (Å²) in [7, 11) is 0. The molecule has 2 heterocycles. The molecule has 1 aliphatic rings. The van der Waals surface area contributed by atoms with Gasteiger partial charge in [-0.05, 0) is 30.5 Å². The predicted octanol–water partition coefficient (Wildman–Crippen LogP) is 2.24.